The maximum absolute atomic E-state index is 6.11. The smallest absolute Gasteiger partial charge is 0.0406 e. The predicted molar refractivity (Wildman–Crippen MR) is 106 cm³/mol. The van der Waals surface area contributed by atoms with Gasteiger partial charge in [-0.15, -0.1) is 0 Å². The van der Waals surface area contributed by atoms with E-state index in [4.69, 9.17) is 11.6 Å². The van der Waals surface area contributed by atoms with Crippen LogP contribution in [0.2, 0.25) is 5.02 Å². The van der Waals surface area contributed by atoms with Crippen LogP contribution < -0.4 is 0 Å². The molecule has 0 saturated heterocycles. The molecule has 25 heavy (non-hydrogen) atoms. The Balaban J connectivity index is 1.79. The highest BCUT2D eigenvalue weighted by molar-refractivity contribution is 6.30. The van der Waals surface area contributed by atoms with Crippen LogP contribution in [0.25, 0.3) is 16.7 Å². The first-order valence-electron chi connectivity index (χ1n) is 8.71. The van der Waals surface area contributed by atoms with Crippen LogP contribution in [0.15, 0.2) is 84.4 Å². The van der Waals surface area contributed by atoms with E-state index in [1.54, 1.807) is 0 Å². The van der Waals surface area contributed by atoms with Gasteiger partial charge in [0, 0.05) is 5.02 Å². The molecule has 0 bridgehead atoms. The lowest BCUT2D eigenvalue weighted by atomic mass is 9.95. The lowest BCUT2D eigenvalue weighted by Gasteiger charge is -2.09. The Kier molecular flexibility index (Phi) is 3.39. The van der Waals surface area contributed by atoms with Gasteiger partial charge in [-0.1, -0.05) is 78.3 Å². The summed E-state index contributed by atoms with van der Waals surface area (Å²) in [6.07, 6.45) is 2.21. The van der Waals surface area contributed by atoms with Crippen LogP contribution in [0.1, 0.15) is 35.1 Å². The lowest BCUT2D eigenvalue weighted by molar-refractivity contribution is 1.08. The number of hydrogen-bond acceptors (Lipinski definition) is 0. The van der Waals surface area contributed by atoms with Gasteiger partial charge in [-0.05, 0) is 69.5 Å². The van der Waals surface area contributed by atoms with Gasteiger partial charge in [0.05, 0.1) is 0 Å². The van der Waals surface area contributed by atoms with Crippen LogP contribution in [-0.4, -0.2) is 0 Å². The Hall–Kier alpha value is -2.57. The third-order valence-electron chi connectivity index (χ3n) is 5.25. The van der Waals surface area contributed by atoms with E-state index >= 15 is 0 Å². The summed E-state index contributed by atoms with van der Waals surface area (Å²) < 4.78 is 0. The first-order valence-corrected chi connectivity index (χ1v) is 9.08. The van der Waals surface area contributed by atoms with Crippen molar-refractivity contribution in [2.24, 2.45) is 0 Å². The molecular weight excluding hydrogens is 324 g/mol. The van der Waals surface area contributed by atoms with Crippen molar-refractivity contribution < 1.29 is 0 Å². The Morgan fingerprint density at radius 3 is 1.84 bits per heavy atom. The van der Waals surface area contributed by atoms with Crippen molar-refractivity contribution in [1.82, 2.24) is 0 Å². The highest BCUT2D eigenvalue weighted by atomic mass is 35.5. The molecular formula is C24H17Cl. The predicted octanol–water partition coefficient (Wildman–Crippen LogP) is 6.86. The maximum atomic E-state index is 6.11. The molecule has 0 amide bonds. The minimum absolute atomic E-state index is 0.785. The van der Waals surface area contributed by atoms with E-state index in [0.717, 1.165) is 17.9 Å². The molecule has 3 aromatic rings. The van der Waals surface area contributed by atoms with E-state index < -0.39 is 0 Å². The van der Waals surface area contributed by atoms with Crippen molar-refractivity contribution in [3.8, 4) is 0 Å². The highest BCUT2D eigenvalue weighted by Gasteiger charge is 2.33. The first-order chi connectivity index (χ1) is 12.3. The minimum atomic E-state index is 0.785. The third-order valence-corrected chi connectivity index (χ3v) is 5.50. The van der Waals surface area contributed by atoms with Crippen molar-refractivity contribution in [2.75, 3.05) is 0 Å². The Morgan fingerprint density at radius 2 is 1.12 bits per heavy atom. The molecule has 3 aromatic carbocycles. The largest absolute Gasteiger partial charge is 0.0843 e. The van der Waals surface area contributed by atoms with Crippen LogP contribution in [0.5, 0.6) is 0 Å². The van der Waals surface area contributed by atoms with Gasteiger partial charge < -0.3 is 0 Å². The Morgan fingerprint density at radius 1 is 0.520 bits per heavy atom. The van der Waals surface area contributed by atoms with Gasteiger partial charge in [0.1, 0.15) is 0 Å². The molecule has 0 heterocycles. The quantitative estimate of drug-likeness (QED) is 0.478. The van der Waals surface area contributed by atoms with Crippen LogP contribution in [0, 0.1) is 0 Å². The van der Waals surface area contributed by atoms with Crippen molar-refractivity contribution in [2.45, 2.75) is 12.8 Å². The molecule has 5 rings (SSSR count). The van der Waals surface area contributed by atoms with Crippen LogP contribution >= 0.6 is 11.6 Å². The SMILES string of the molecule is Clc1ccc(C2=C3CCC(c4ccccc4)=C3c3ccccc32)cc1. The highest BCUT2D eigenvalue weighted by Crippen LogP contribution is 2.54. The van der Waals surface area contributed by atoms with Gasteiger partial charge in [-0.3, -0.25) is 0 Å². The zero-order valence-corrected chi connectivity index (χ0v) is 14.6. The standard InChI is InChI=1S/C24H17Cl/c25-18-12-10-17(11-13-18)23-20-8-4-5-9-21(20)24-19(14-15-22(23)24)16-6-2-1-3-7-16/h1-13H,14-15H2. The second-order valence-corrected chi connectivity index (χ2v) is 7.06. The molecule has 0 N–H and O–H groups in total. The zero-order valence-electron chi connectivity index (χ0n) is 13.8. The van der Waals surface area contributed by atoms with Gasteiger partial charge in [0.25, 0.3) is 0 Å². The van der Waals surface area contributed by atoms with Gasteiger partial charge in [-0.25, -0.2) is 0 Å². The molecule has 1 heteroatoms. The summed E-state index contributed by atoms with van der Waals surface area (Å²) in [5, 5.41) is 0.785. The van der Waals surface area contributed by atoms with Gasteiger partial charge >= 0.3 is 0 Å². The normalized spacial score (nSPS) is 15.6. The molecule has 0 fully saturated rings. The molecule has 0 atom stereocenters. The average molecular weight is 341 g/mol. The van der Waals surface area contributed by atoms with E-state index in [2.05, 4.69) is 66.7 Å². The van der Waals surface area contributed by atoms with Crippen molar-refractivity contribution in [1.29, 1.82) is 0 Å². The number of rotatable bonds is 2. The number of benzene rings is 3. The summed E-state index contributed by atoms with van der Waals surface area (Å²) in [4.78, 5) is 0. The van der Waals surface area contributed by atoms with Crippen molar-refractivity contribution >= 4 is 28.3 Å². The second kappa shape index (κ2) is 5.75. The molecule has 0 aromatic heterocycles. The Bertz CT molecular complexity index is 1020. The molecule has 120 valence electrons. The molecule has 2 aliphatic rings. The number of allylic oxidation sites excluding steroid dienone is 3. The summed E-state index contributed by atoms with van der Waals surface area (Å²) in [6, 6.07) is 27.9. The Labute approximate surface area is 153 Å². The molecule has 0 radical (unpaired) electrons. The number of hydrogen-bond donors (Lipinski definition) is 0. The second-order valence-electron chi connectivity index (χ2n) is 6.63. The van der Waals surface area contributed by atoms with Gasteiger partial charge in [0.2, 0.25) is 0 Å². The summed E-state index contributed by atoms with van der Waals surface area (Å²) in [6.45, 7) is 0. The summed E-state index contributed by atoms with van der Waals surface area (Å²) >= 11 is 6.11. The van der Waals surface area contributed by atoms with Gasteiger partial charge in [-0.2, -0.15) is 0 Å². The minimum Gasteiger partial charge on any atom is -0.0843 e. The van der Waals surface area contributed by atoms with E-state index in [1.807, 2.05) is 12.1 Å². The fourth-order valence-corrected chi connectivity index (χ4v) is 4.34. The number of halogens is 1. The molecule has 0 nitrogen and oxygen atoms in total. The van der Waals surface area contributed by atoms with Crippen LogP contribution in [0.4, 0.5) is 0 Å². The van der Waals surface area contributed by atoms with Gasteiger partial charge in [0.15, 0.2) is 0 Å². The molecule has 0 aliphatic heterocycles. The van der Waals surface area contributed by atoms with E-state index in [0.29, 0.717) is 0 Å². The molecule has 0 unspecified atom stereocenters. The maximum Gasteiger partial charge on any atom is 0.0406 e. The van der Waals surface area contributed by atoms with Crippen LogP contribution in [-0.2, 0) is 0 Å². The molecule has 0 spiro atoms. The zero-order chi connectivity index (χ0) is 16.8. The summed E-state index contributed by atoms with van der Waals surface area (Å²) in [5.74, 6) is 0. The summed E-state index contributed by atoms with van der Waals surface area (Å²) in [5.41, 5.74) is 11.1. The first kappa shape index (κ1) is 14.7. The monoisotopic (exact) mass is 340 g/mol. The third kappa shape index (κ3) is 2.29. The van der Waals surface area contributed by atoms with Crippen molar-refractivity contribution in [3.05, 3.63) is 112 Å². The fourth-order valence-electron chi connectivity index (χ4n) is 4.21. The van der Waals surface area contributed by atoms with E-state index in [1.165, 1.54) is 44.5 Å². The van der Waals surface area contributed by atoms with E-state index in [-0.39, 0.29) is 0 Å². The van der Waals surface area contributed by atoms with Crippen molar-refractivity contribution in [3.63, 3.8) is 0 Å². The lowest BCUT2D eigenvalue weighted by Crippen LogP contribution is -1.89. The summed E-state index contributed by atoms with van der Waals surface area (Å²) in [7, 11) is 0. The topological polar surface area (TPSA) is 0 Å². The number of fused-ring (bicyclic) bond motifs is 3. The average Bonchev–Trinajstić information content (AvgIpc) is 3.22. The van der Waals surface area contributed by atoms with Crippen LogP contribution in [0.3, 0.4) is 0 Å². The van der Waals surface area contributed by atoms with E-state index in [9.17, 15) is 0 Å². The molecule has 0 saturated carbocycles. The molecule has 2 aliphatic carbocycles. The fraction of sp³-hybridized carbons (Fsp3) is 0.0833.